The Morgan fingerprint density at radius 3 is 2.58 bits per heavy atom. The lowest BCUT2D eigenvalue weighted by molar-refractivity contribution is -0.240. The van der Waals surface area contributed by atoms with Crippen LogP contribution >= 0.6 is 0 Å². The first-order chi connectivity index (χ1) is 12.3. The molecule has 26 heavy (non-hydrogen) atoms. The number of hydrogen-bond donors (Lipinski definition) is 1. The second-order valence-electron chi connectivity index (χ2n) is 5.64. The molecule has 2 aromatic rings. The number of para-hydroxylation sites is 1. The molecule has 2 aromatic carbocycles. The van der Waals surface area contributed by atoms with Crippen LogP contribution in [0.4, 0.5) is 13.2 Å². The molecule has 1 unspecified atom stereocenters. The highest BCUT2D eigenvalue weighted by Gasteiger charge is 2.64. The maximum absolute atomic E-state index is 14.2. The Kier molecular flexibility index (Phi) is 4.39. The van der Waals surface area contributed by atoms with E-state index in [0.29, 0.717) is 0 Å². The monoisotopic (exact) mass is 364 g/mol. The quantitative estimate of drug-likeness (QED) is 0.874. The predicted octanol–water partition coefficient (Wildman–Crippen LogP) is 4.40. The van der Waals surface area contributed by atoms with Crippen LogP contribution in [0, 0.1) is 0 Å². The summed E-state index contributed by atoms with van der Waals surface area (Å²) in [6, 6.07) is 11.2. The number of aliphatic carboxylic acids is 1. The maximum Gasteiger partial charge on any atom is 0.437 e. The molecule has 1 heterocycles. The SMILES string of the molecule is CCOc1cccc(C2(C(F)(F)F)Oc3ccccc3C=C2C(=O)O)c1. The summed E-state index contributed by atoms with van der Waals surface area (Å²) in [6.07, 6.45) is -4.02. The van der Waals surface area contributed by atoms with Crippen molar-refractivity contribution in [3.8, 4) is 11.5 Å². The molecule has 4 nitrogen and oxygen atoms in total. The van der Waals surface area contributed by atoms with E-state index in [-0.39, 0.29) is 29.2 Å². The molecule has 1 aliphatic rings. The van der Waals surface area contributed by atoms with Gasteiger partial charge in [0.25, 0.3) is 5.60 Å². The van der Waals surface area contributed by atoms with Crippen LogP contribution < -0.4 is 9.47 Å². The summed E-state index contributed by atoms with van der Waals surface area (Å²) >= 11 is 0. The zero-order valence-electron chi connectivity index (χ0n) is 13.7. The van der Waals surface area contributed by atoms with E-state index in [1.165, 1.54) is 36.4 Å². The molecule has 0 spiro atoms. The number of carboxylic acids is 1. The van der Waals surface area contributed by atoms with Gasteiger partial charge in [-0.25, -0.2) is 4.79 Å². The fourth-order valence-electron chi connectivity index (χ4n) is 2.94. The molecule has 7 heteroatoms. The molecule has 0 amide bonds. The van der Waals surface area contributed by atoms with Gasteiger partial charge in [-0.15, -0.1) is 0 Å². The fraction of sp³-hybridized carbons (Fsp3) is 0.211. The minimum atomic E-state index is -5.02. The first-order valence-electron chi connectivity index (χ1n) is 7.83. The Bertz CT molecular complexity index is 873. The van der Waals surface area contributed by atoms with Crippen LogP contribution in [0.25, 0.3) is 6.08 Å². The van der Waals surface area contributed by atoms with Crippen molar-refractivity contribution in [2.75, 3.05) is 6.61 Å². The van der Waals surface area contributed by atoms with Crippen LogP contribution in [0.2, 0.25) is 0 Å². The zero-order chi connectivity index (χ0) is 18.9. The summed E-state index contributed by atoms with van der Waals surface area (Å²) in [4.78, 5) is 11.7. The number of ether oxygens (including phenoxy) is 2. The molecule has 0 aliphatic carbocycles. The molecule has 1 atom stereocenters. The summed E-state index contributed by atoms with van der Waals surface area (Å²) in [5.74, 6) is -1.56. The Morgan fingerprint density at radius 2 is 1.92 bits per heavy atom. The van der Waals surface area contributed by atoms with Gasteiger partial charge < -0.3 is 14.6 Å². The normalized spacial score (nSPS) is 19.2. The first-order valence-corrected chi connectivity index (χ1v) is 7.83. The van der Waals surface area contributed by atoms with Crippen LogP contribution in [-0.4, -0.2) is 23.9 Å². The largest absolute Gasteiger partial charge is 0.494 e. The Labute approximate surface area is 147 Å². The predicted molar refractivity (Wildman–Crippen MR) is 88.0 cm³/mol. The van der Waals surface area contributed by atoms with E-state index < -0.39 is 23.3 Å². The molecule has 0 radical (unpaired) electrons. The highest BCUT2D eigenvalue weighted by Crippen LogP contribution is 2.52. The number of halogens is 3. The molecule has 0 fully saturated rings. The molecule has 136 valence electrons. The number of fused-ring (bicyclic) bond motifs is 1. The molecule has 0 bridgehead atoms. The van der Waals surface area contributed by atoms with Crippen LogP contribution in [-0.2, 0) is 10.4 Å². The molecule has 3 rings (SSSR count). The van der Waals surface area contributed by atoms with Crippen molar-refractivity contribution >= 4 is 12.0 Å². The lowest BCUT2D eigenvalue weighted by Crippen LogP contribution is -2.52. The van der Waals surface area contributed by atoms with Crippen molar-refractivity contribution in [1.29, 1.82) is 0 Å². The second-order valence-corrected chi connectivity index (χ2v) is 5.64. The summed E-state index contributed by atoms with van der Waals surface area (Å²) in [7, 11) is 0. The lowest BCUT2D eigenvalue weighted by atomic mass is 9.82. The average molecular weight is 364 g/mol. The third-order valence-corrected chi connectivity index (χ3v) is 4.04. The highest BCUT2D eigenvalue weighted by atomic mass is 19.4. The first kappa shape index (κ1) is 17.8. The van der Waals surface area contributed by atoms with Gasteiger partial charge in [-0.3, -0.25) is 0 Å². The van der Waals surface area contributed by atoms with Gasteiger partial charge in [0, 0.05) is 11.1 Å². The van der Waals surface area contributed by atoms with Crippen LogP contribution in [0.15, 0.2) is 54.1 Å². The van der Waals surface area contributed by atoms with Crippen LogP contribution in [0.1, 0.15) is 18.1 Å². The van der Waals surface area contributed by atoms with Gasteiger partial charge in [0.05, 0.1) is 12.2 Å². The van der Waals surface area contributed by atoms with Gasteiger partial charge in [0.2, 0.25) is 0 Å². The van der Waals surface area contributed by atoms with E-state index in [1.54, 1.807) is 13.0 Å². The zero-order valence-corrected chi connectivity index (χ0v) is 13.7. The van der Waals surface area contributed by atoms with Crippen LogP contribution in [0.3, 0.4) is 0 Å². The molecule has 0 aromatic heterocycles. The maximum atomic E-state index is 14.2. The van der Waals surface area contributed by atoms with Crippen molar-refractivity contribution in [3.63, 3.8) is 0 Å². The van der Waals surface area contributed by atoms with Crippen LogP contribution in [0.5, 0.6) is 11.5 Å². The van der Waals surface area contributed by atoms with Gasteiger partial charge in [0.15, 0.2) is 0 Å². The van der Waals surface area contributed by atoms with Gasteiger partial charge in [-0.2, -0.15) is 13.2 Å². The topological polar surface area (TPSA) is 55.8 Å². The van der Waals surface area contributed by atoms with E-state index in [0.717, 1.165) is 12.1 Å². The summed E-state index contributed by atoms with van der Waals surface area (Å²) in [6.45, 7) is 1.95. The van der Waals surface area contributed by atoms with Gasteiger partial charge >= 0.3 is 12.1 Å². The molecular weight excluding hydrogens is 349 g/mol. The van der Waals surface area contributed by atoms with Crippen molar-refractivity contribution in [1.82, 2.24) is 0 Å². The summed E-state index contributed by atoms with van der Waals surface area (Å²) < 4.78 is 53.3. The van der Waals surface area contributed by atoms with E-state index >= 15 is 0 Å². The highest BCUT2D eigenvalue weighted by molar-refractivity contribution is 5.96. The third-order valence-electron chi connectivity index (χ3n) is 4.04. The van der Waals surface area contributed by atoms with Gasteiger partial charge in [0.1, 0.15) is 11.5 Å². The Hall–Kier alpha value is -2.96. The van der Waals surface area contributed by atoms with E-state index in [9.17, 15) is 23.1 Å². The van der Waals surface area contributed by atoms with Crippen molar-refractivity contribution in [2.24, 2.45) is 0 Å². The van der Waals surface area contributed by atoms with E-state index in [4.69, 9.17) is 9.47 Å². The molecule has 1 N–H and O–H groups in total. The smallest absolute Gasteiger partial charge is 0.437 e. The fourth-order valence-corrected chi connectivity index (χ4v) is 2.94. The number of carbonyl (C=O) groups is 1. The Balaban J connectivity index is 2.29. The van der Waals surface area contributed by atoms with E-state index in [1.807, 2.05) is 0 Å². The average Bonchev–Trinajstić information content (AvgIpc) is 2.60. The number of hydrogen-bond acceptors (Lipinski definition) is 3. The number of rotatable bonds is 4. The minimum Gasteiger partial charge on any atom is -0.494 e. The standard InChI is InChI=1S/C19H15F3O4/c1-2-25-14-8-5-7-13(11-14)18(19(20,21)22)15(17(23)24)10-12-6-3-4-9-16(12)26-18/h3-11H,2H2,1H3,(H,23,24). The van der Waals surface area contributed by atoms with Gasteiger partial charge in [-0.1, -0.05) is 30.3 Å². The van der Waals surface area contributed by atoms with Crippen molar-refractivity contribution < 1.29 is 32.5 Å². The van der Waals surface area contributed by atoms with Gasteiger partial charge in [-0.05, 0) is 31.2 Å². The van der Waals surface area contributed by atoms with Crippen molar-refractivity contribution in [3.05, 3.63) is 65.2 Å². The molecule has 1 aliphatic heterocycles. The lowest BCUT2D eigenvalue weighted by Gasteiger charge is -2.39. The molecular formula is C19H15F3O4. The van der Waals surface area contributed by atoms with E-state index in [2.05, 4.69) is 0 Å². The van der Waals surface area contributed by atoms with Crippen molar-refractivity contribution in [2.45, 2.75) is 18.7 Å². The number of carboxylic acid groups (broad SMARTS) is 1. The number of alkyl halides is 3. The number of benzene rings is 2. The third kappa shape index (κ3) is 2.79. The molecule has 0 saturated carbocycles. The molecule has 0 saturated heterocycles. The summed E-state index contributed by atoms with van der Waals surface area (Å²) in [5, 5.41) is 9.52. The minimum absolute atomic E-state index is 0.0448. The second kappa shape index (κ2) is 6.40. The summed E-state index contributed by atoms with van der Waals surface area (Å²) in [5.41, 5.74) is -4.14. The Morgan fingerprint density at radius 1 is 1.19 bits per heavy atom.